The van der Waals surface area contributed by atoms with E-state index >= 15 is 0 Å². The second-order valence-electron chi connectivity index (χ2n) is 11.6. The lowest BCUT2D eigenvalue weighted by Gasteiger charge is -2.39. The lowest BCUT2D eigenvalue weighted by atomic mass is 9.84. The van der Waals surface area contributed by atoms with E-state index in [2.05, 4.69) is 16.2 Å². The number of aliphatic hydroxyl groups is 1. The minimum absolute atomic E-state index is 0.0334. The van der Waals surface area contributed by atoms with Crippen LogP contribution in [0.3, 0.4) is 0 Å². The highest BCUT2D eigenvalue weighted by atomic mass is 19.1. The molecular weight excluding hydrogens is 499 g/mol. The maximum Gasteiger partial charge on any atom is 0.251 e. The van der Waals surface area contributed by atoms with Crippen molar-refractivity contribution in [2.75, 3.05) is 13.2 Å². The number of likely N-dealkylation sites (tertiary alicyclic amines) is 1. The first-order chi connectivity index (χ1) is 18.5. The first-order valence-corrected chi connectivity index (χ1v) is 13.6. The Bertz CT molecular complexity index is 1230. The van der Waals surface area contributed by atoms with Crippen molar-refractivity contribution in [3.8, 4) is 0 Å². The van der Waals surface area contributed by atoms with Crippen molar-refractivity contribution in [3.05, 3.63) is 70.5 Å². The van der Waals surface area contributed by atoms with Crippen LogP contribution in [-0.2, 0) is 16.0 Å². The van der Waals surface area contributed by atoms with Crippen molar-refractivity contribution in [3.63, 3.8) is 0 Å². The van der Waals surface area contributed by atoms with Crippen LogP contribution >= 0.6 is 0 Å². The summed E-state index contributed by atoms with van der Waals surface area (Å²) in [5.41, 5.74) is 8.14. The molecule has 0 radical (unpaired) electrons. The first kappa shape index (κ1) is 28.7. The predicted molar refractivity (Wildman–Crippen MR) is 146 cm³/mol. The third-order valence-corrected chi connectivity index (χ3v) is 8.14. The van der Waals surface area contributed by atoms with Gasteiger partial charge < -0.3 is 15.3 Å². The van der Waals surface area contributed by atoms with Crippen LogP contribution in [0.5, 0.6) is 0 Å². The molecule has 39 heavy (non-hydrogen) atoms. The maximum atomic E-state index is 14.0. The molecule has 2 aliphatic heterocycles. The Morgan fingerprint density at radius 2 is 1.95 bits per heavy atom. The normalized spacial score (nSPS) is 23.4. The summed E-state index contributed by atoms with van der Waals surface area (Å²) in [7, 11) is 0. The zero-order valence-electron chi connectivity index (χ0n) is 23.1. The zero-order valence-corrected chi connectivity index (χ0v) is 23.1. The molecule has 0 saturated carbocycles. The van der Waals surface area contributed by atoms with Gasteiger partial charge in [0.15, 0.2) is 0 Å². The highest BCUT2D eigenvalue weighted by molar-refractivity contribution is 5.96. The second kappa shape index (κ2) is 11.8. The second-order valence-corrected chi connectivity index (χ2v) is 11.6. The van der Waals surface area contributed by atoms with Crippen LogP contribution in [0.15, 0.2) is 42.5 Å². The summed E-state index contributed by atoms with van der Waals surface area (Å²) in [6.07, 6.45) is 2.63. The van der Waals surface area contributed by atoms with Crippen molar-refractivity contribution in [1.82, 2.24) is 21.1 Å². The molecule has 2 fully saturated rings. The maximum absolute atomic E-state index is 14.0. The number of amides is 3. The molecule has 2 aromatic carbocycles. The summed E-state index contributed by atoms with van der Waals surface area (Å²) in [5.74, 6) is -1.19. The highest BCUT2D eigenvalue weighted by Crippen LogP contribution is 2.43. The van der Waals surface area contributed by atoms with E-state index in [4.69, 9.17) is 0 Å². The predicted octanol–water partition coefficient (Wildman–Crippen LogP) is 3.19. The van der Waals surface area contributed by atoms with Crippen LogP contribution < -0.4 is 16.2 Å². The Morgan fingerprint density at radius 1 is 1.18 bits per heavy atom. The quantitative estimate of drug-likeness (QED) is 0.413. The van der Waals surface area contributed by atoms with Gasteiger partial charge in [-0.3, -0.25) is 19.8 Å². The van der Waals surface area contributed by atoms with E-state index in [9.17, 15) is 23.9 Å². The van der Waals surface area contributed by atoms with Gasteiger partial charge in [-0.05, 0) is 80.5 Å². The number of hydrogen-bond donors (Lipinski definition) is 4. The molecule has 4 N–H and O–H groups in total. The van der Waals surface area contributed by atoms with Gasteiger partial charge in [0.25, 0.3) is 5.91 Å². The topological polar surface area (TPSA) is 111 Å². The van der Waals surface area contributed by atoms with Crippen LogP contribution in [0.2, 0.25) is 0 Å². The van der Waals surface area contributed by atoms with E-state index in [1.807, 2.05) is 33.8 Å². The Labute approximate surface area is 229 Å². The van der Waals surface area contributed by atoms with Gasteiger partial charge >= 0.3 is 0 Å². The van der Waals surface area contributed by atoms with Crippen LogP contribution in [-0.4, -0.2) is 53.0 Å². The number of carbonyl (C=O) groups is 3. The van der Waals surface area contributed by atoms with E-state index in [1.54, 1.807) is 29.2 Å². The fourth-order valence-corrected chi connectivity index (χ4v) is 5.82. The van der Waals surface area contributed by atoms with Gasteiger partial charge in [-0.15, -0.1) is 0 Å². The van der Waals surface area contributed by atoms with Crippen molar-refractivity contribution < 1.29 is 23.9 Å². The number of nitrogens with zero attached hydrogens (tertiary/aromatic N) is 1. The van der Waals surface area contributed by atoms with E-state index in [0.717, 1.165) is 17.5 Å². The van der Waals surface area contributed by atoms with Crippen molar-refractivity contribution in [2.45, 2.75) is 71.5 Å². The molecule has 2 saturated heterocycles. The van der Waals surface area contributed by atoms with Crippen LogP contribution in [0.1, 0.15) is 73.1 Å². The lowest BCUT2D eigenvalue weighted by Crippen LogP contribution is -2.52. The number of benzene rings is 2. The molecule has 3 amide bonds. The van der Waals surface area contributed by atoms with Crippen molar-refractivity contribution in [2.24, 2.45) is 11.3 Å². The number of hydrogen-bond acceptors (Lipinski definition) is 5. The summed E-state index contributed by atoms with van der Waals surface area (Å²) in [5, 5.41) is 12.8. The Morgan fingerprint density at radius 3 is 2.64 bits per heavy atom. The molecule has 0 aliphatic carbocycles. The fourth-order valence-electron chi connectivity index (χ4n) is 5.82. The molecule has 4 atom stereocenters. The number of aliphatic hydroxyl groups excluding tert-OH is 1. The molecule has 2 heterocycles. The molecule has 2 unspecified atom stereocenters. The van der Waals surface area contributed by atoms with Gasteiger partial charge in [-0.1, -0.05) is 32.0 Å². The molecule has 0 aromatic heterocycles. The van der Waals surface area contributed by atoms with Gasteiger partial charge in [0.2, 0.25) is 11.8 Å². The first-order valence-electron chi connectivity index (χ1n) is 13.6. The molecule has 9 heteroatoms. The van der Waals surface area contributed by atoms with E-state index in [1.165, 1.54) is 12.1 Å². The molecule has 8 nitrogen and oxygen atoms in total. The van der Waals surface area contributed by atoms with E-state index < -0.39 is 5.41 Å². The van der Waals surface area contributed by atoms with Gasteiger partial charge in [-0.2, -0.15) is 0 Å². The Balaban J connectivity index is 1.44. The summed E-state index contributed by atoms with van der Waals surface area (Å²) in [6.45, 7) is 7.42. The number of carbonyl (C=O) groups excluding carboxylic acids is 3. The van der Waals surface area contributed by atoms with Gasteiger partial charge in [0.1, 0.15) is 5.82 Å². The minimum atomic E-state index is -0.558. The monoisotopic (exact) mass is 538 g/mol. The van der Waals surface area contributed by atoms with Crippen molar-refractivity contribution >= 4 is 17.7 Å². The van der Waals surface area contributed by atoms with Crippen molar-refractivity contribution in [1.29, 1.82) is 0 Å². The zero-order chi connectivity index (χ0) is 28.3. The standard InChI is InChI=1S/C30H39FN4O4/c1-18-12-22(9-8-20(18)14-23-13-19(2)33-34-29(23)39)28(38)32-16-27(37)35-25(21-6-5-7-24(31)15-21)10-11-26(35)30(3,4)17-36/h5-9,12,15,19,23,25-26,33,36H,10-11,13-14,16-17H2,1-4H3,(H,32,38)(H,34,39)/t19?,23?,25-,26+/m0/s1. The van der Waals surface area contributed by atoms with Gasteiger partial charge in [-0.25, -0.2) is 9.82 Å². The number of hydrazine groups is 1. The van der Waals surface area contributed by atoms with Crippen LogP contribution in [0.25, 0.3) is 0 Å². The molecule has 2 aliphatic rings. The summed E-state index contributed by atoms with van der Waals surface area (Å²) >= 11 is 0. The average molecular weight is 539 g/mol. The van der Waals surface area contributed by atoms with E-state index in [0.29, 0.717) is 30.4 Å². The fraction of sp³-hybridized carbons (Fsp3) is 0.500. The number of halogens is 1. The molecule has 210 valence electrons. The van der Waals surface area contributed by atoms with Gasteiger partial charge in [0.05, 0.1) is 19.2 Å². The lowest BCUT2D eigenvalue weighted by molar-refractivity contribution is -0.136. The largest absolute Gasteiger partial charge is 0.396 e. The number of nitrogens with one attached hydrogen (secondary N) is 3. The van der Waals surface area contributed by atoms with E-state index in [-0.39, 0.29) is 60.7 Å². The summed E-state index contributed by atoms with van der Waals surface area (Å²) < 4.78 is 14.0. The molecule has 0 bridgehead atoms. The van der Waals surface area contributed by atoms with Crippen LogP contribution in [0.4, 0.5) is 4.39 Å². The third-order valence-electron chi connectivity index (χ3n) is 8.14. The number of rotatable bonds is 8. The smallest absolute Gasteiger partial charge is 0.251 e. The minimum Gasteiger partial charge on any atom is -0.396 e. The average Bonchev–Trinajstić information content (AvgIpc) is 3.37. The third kappa shape index (κ3) is 6.47. The molecule has 2 aromatic rings. The van der Waals surface area contributed by atoms with Crippen LogP contribution in [0, 0.1) is 24.1 Å². The Hall–Kier alpha value is -3.30. The van der Waals surface area contributed by atoms with Gasteiger partial charge in [0, 0.05) is 29.0 Å². The molecule has 4 rings (SSSR count). The SMILES string of the molecule is Cc1cc(C(=O)NCC(=O)N2[C@H](c3cccc(F)c3)CC[C@@H]2C(C)(C)CO)ccc1CC1CC(C)NNC1=O. The Kier molecular flexibility index (Phi) is 8.71. The highest BCUT2D eigenvalue weighted by Gasteiger charge is 2.44. The molecule has 0 spiro atoms. The molecular formula is C30H39FN4O4. The number of aryl methyl sites for hydroxylation is 1. The summed E-state index contributed by atoms with van der Waals surface area (Å²) in [4.78, 5) is 40.4. The summed E-state index contributed by atoms with van der Waals surface area (Å²) in [6, 6.07) is 11.2.